The van der Waals surface area contributed by atoms with Crippen LogP contribution >= 0.6 is 0 Å². The second-order valence-corrected chi connectivity index (χ2v) is 5.63. The first-order valence-electron chi connectivity index (χ1n) is 7.93. The Balaban J connectivity index is 2.11. The lowest BCUT2D eigenvalue weighted by Gasteiger charge is -2.11. The van der Waals surface area contributed by atoms with Crippen molar-refractivity contribution >= 4 is 33.5 Å². The van der Waals surface area contributed by atoms with Crippen molar-refractivity contribution in [3.8, 4) is 0 Å². The van der Waals surface area contributed by atoms with Gasteiger partial charge < -0.3 is 9.84 Å². The van der Waals surface area contributed by atoms with E-state index in [0.717, 1.165) is 27.1 Å². The van der Waals surface area contributed by atoms with Gasteiger partial charge in [0.05, 0.1) is 12.2 Å². The summed E-state index contributed by atoms with van der Waals surface area (Å²) >= 11 is 0. The van der Waals surface area contributed by atoms with Crippen molar-refractivity contribution in [2.24, 2.45) is 0 Å². The smallest absolute Gasteiger partial charge is 0.335 e. The van der Waals surface area contributed by atoms with Crippen molar-refractivity contribution in [2.75, 3.05) is 6.61 Å². The molecule has 4 heteroatoms. The third kappa shape index (κ3) is 3.08. The fraction of sp³-hybridized carbons (Fsp3) is 0.200. The third-order valence-corrected chi connectivity index (χ3v) is 4.10. The Morgan fingerprint density at radius 2 is 1.75 bits per heavy atom. The number of benzene rings is 3. The number of ether oxygens (including phenoxy) is 1. The van der Waals surface area contributed by atoms with Gasteiger partial charge in [-0.2, -0.15) is 0 Å². The van der Waals surface area contributed by atoms with Gasteiger partial charge in [-0.1, -0.05) is 36.4 Å². The SMILES string of the molecule is CCOC(=O)CCc1cc2ccc(C(=O)O)cc2c2ccccc12. The van der Waals surface area contributed by atoms with Gasteiger partial charge in [-0.05, 0) is 52.6 Å². The molecule has 3 rings (SSSR count). The van der Waals surface area contributed by atoms with Crippen molar-refractivity contribution in [1.29, 1.82) is 0 Å². The second kappa shape index (κ2) is 6.71. The van der Waals surface area contributed by atoms with Gasteiger partial charge in [-0.3, -0.25) is 4.79 Å². The van der Waals surface area contributed by atoms with Crippen LogP contribution in [0.4, 0.5) is 0 Å². The fourth-order valence-electron chi connectivity index (χ4n) is 2.99. The number of hydrogen-bond donors (Lipinski definition) is 1. The first-order chi connectivity index (χ1) is 11.6. The summed E-state index contributed by atoms with van der Waals surface area (Å²) in [4.78, 5) is 22.9. The molecular weight excluding hydrogens is 304 g/mol. The number of aromatic carboxylic acids is 1. The maximum Gasteiger partial charge on any atom is 0.335 e. The van der Waals surface area contributed by atoms with E-state index >= 15 is 0 Å². The van der Waals surface area contributed by atoms with E-state index in [9.17, 15) is 14.7 Å². The second-order valence-electron chi connectivity index (χ2n) is 5.63. The van der Waals surface area contributed by atoms with Crippen LogP contribution in [0.3, 0.4) is 0 Å². The minimum Gasteiger partial charge on any atom is -0.478 e. The molecule has 0 amide bonds. The van der Waals surface area contributed by atoms with E-state index in [0.29, 0.717) is 19.4 Å². The van der Waals surface area contributed by atoms with E-state index in [2.05, 4.69) is 0 Å². The highest BCUT2D eigenvalue weighted by Gasteiger charge is 2.11. The third-order valence-electron chi connectivity index (χ3n) is 4.10. The Bertz CT molecular complexity index is 927. The number of aryl methyl sites for hydroxylation is 1. The number of carbonyl (C=O) groups excluding carboxylic acids is 1. The summed E-state index contributed by atoms with van der Waals surface area (Å²) < 4.78 is 5.00. The normalized spacial score (nSPS) is 10.9. The number of hydrogen-bond acceptors (Lipinski definition) is 3. The predicted octanol–water partition coefficient (Wildman–Crippen LogP) is 4.19. The van der Waals surface area contributed by atoms with Crippen molar-refractivity contribution in [1.82, 2.24) is 0 Å². The Kier molecular flexibility index (Phi) is 4.47. The zero-order valence-electron chi connectivity index (χ0n) is 13.4. The van der Waals surface area contributed by atoms with Crippen LogP contribution < -0.4 is 0 Å². The molecule has 3 aromatic carbocycles. The molecule has 0 spiro atoms. The van der Waals surface area contributed by atoms with Gasteiger partial charge in [0.15, 0.2) is 0 Å². The Morgan fingerprint density at radius 3 is 2.46 bits per heavy atom. The standard InChI is InChI=1S/C20H18O4/c1-2-24-19(21)10-9-13-11-14-7-8-15(20(22)23)12-18(14)17-6-4-3-5-16(13)17/h3-8,11-12H,2,9-10H2,1H3,(H,22,23). The molecule has 122 valence electrons. The lowest BCUT2D eigenvalue weighted by atomic mass is 9.94. The number of carboxylic acid groups (broad SMARTS) is 1. The van der Waals surface area contributed by atoms with E-state index in [4.69, 9.17) is 4.74 Å². The van der Waals surface area contributed by atoms with Gasteiger partial charge in [0, 0.05) is 6.42 Å². The maximum atomic E-state index is 11.6. The van der Waals surface area contributed by atoms with Crippen LogP contribution in [0.25, 0.3) is 21.5 Å². The summed E-state index contributed by atoms with van der Waals surface area (Å²) in [5.74, 6) is -1.14. The van der Waals surface area contributed by atoms with E-state index < -0.39 is 5.97 Å². The number of carboxylic acids is 1. The molecule has 0 fully saturated rings. The summed E-state index contributed by atoms with van der Waals surface area (Å²) in [6.45, 7) is 2.18. The molecule has 3 aromatic rings. The molecule has 0 aliphatic rings. The van der Waals surface area contributed by atoms with Crippen molar-refractivity contribution in [3.63, 3.8) is 0 Å². The molecule has 0 saturated heterocycles. The Morgan fingerprint density at radius 1 is 1.00 bits per heavy atom. The predicted molar refractivity (Wildman–Crippen MR) is 93.4 cm³/mol. The van der Waals surface area contributed by atoms with Crippen LogP contribution in [-0.2, 0) is 16.0 Å². The van der Waals surface area contributed by atoms with Gasteiger partial charge >= 0.3 is 11.9 Å². The van der Waals surface area contributed by atoms with E-state index in [1.165, 1.54) is 0 Å². The average molecular weight is 322 g/mol. The lowest BCUT2D eigenvalue weighted by molar-refractivity contribution is -0.143. The van der Waals surface area contributed by atoms with E-state index in [-0.39, 0.29) is 11.5 Å². The molecule has 24 heavy (non-hydrogen) atoms. The van der Waals surface area contributed by atoms with Crippen LogP contribution in [0, 0.1) is 0 Å². The Labute approximate surface area is 139 Å². The number of rotatable bonds is 5. The molecule has 0 saturated carbocycles. The molecule has 0 heterocycles. The Hall–Kier alpha value is -2.88. The lowest BCUT2D eigenvalue weighted by Crippen LogP contribution is -2.05. The quantitative estimate of drug-likeness (QED) is 0.565. The van der Waals surface area contributed by atoms with Crippen molar-refractivity contribution < 1.29 is 19.4 Å². The summed E-state index contributed by atoms with van der Waals surface area (Å²) in [6, 6.07) is 15.0. The minimum atomic E-state index is -0.938. The average Bonchev–Trinajstić information content (AvgIpc) is 2.59. The van der Waals surface area contributed by atoms with Gasteiger partial charge in [0.25, 0.3) is 0 Å². The van der Waals surface area contributed by atoms with Crippen LogP contribution in [0.15, 0.2) is 48.5 Å². The van der Waals surface area contributed by atoms with Crippen LogP contribution in [0.2, 0.25) is 0 Å². The molecule has 4 nitrogen and oxygen atoms in total. The van der Waals surface area contributed by atoms with Crippen LogP contribution in [0.1, 0.15) is 29.3 Å². The van der Waals surface area contributed by atoms with Crippen LogP contribution in [0.5, 0.6) is 0 Å². The number of fused-ring (bicyclic) bond motifs is 3. The maximum absolute atomic E-state index is 11.6. The molecule has 0 radical (unpaired) electrons. The van der Waals surface area contributed by atoms with Crippen molar-refractivity contribution in [3.05, 3.63) is 59.7 Å². The number of esters is 1. The van der Waals surface area contributed by atoms with E-state index in [1.807, 2.05) is 36.4 Å². The zero-order valence-corrected chi connectivity index (χ0v) is 13.4. The van der Waals surface area contributed by atoms with Gasteiger partial charge in [-0.15, -0.1) is 0 Å². The largest absolute Gasteiger partial charge is 0.478 e. The molecule has 0 aromatic heterocycles. The van der Waals surface area contributed by atoms with Gasteiger partial charge in [-0.25, -0.2) is 4.79 Å². The number of carbonyl (C=O) groups is 2. The minimum absolute atomic E-state index is 0.206. The van der Waals surface area contributed by atoms with Gasteiger partial charge in [0.1, 0.15) is 0 Å². The summed E-state index contributed by atoms with van der Waals surface area (Å²) in [5.41, 5.74) is 1.33. The van der Waals surface area contributed by atoms with Crippen LogP contribution in [-0.4, -0.2) is 23.7 Å². The summed E-state index contributed by atoms with van der Waals surface area (Å²) in [6.07, 6.45) is 0.923. The molecule has 0 atom stereocenters. The summed E-state index contributed by atoms with van der Waals surface area (Å²) in [7, 11) is 0. The molecule has 1 N–H and O–H groups in total. The topological polar surface area (TPSA) is 63.6 Å². The molecule has 0 unspecified atom stereocenters. The summed E-state index contributed by atoms with van der Waals surface area (Å²) in [5, 5.41) is 13.1. The molecule has 0 aliphatic heterocycles. The van der Waals surface area contributed by atoms with E-state index in [1.54, 1.807) is 19.1 Å². The highest BCUT2D eigenvalue weighted by Crippen LogP contribution is 2.30. The van der Waals surface area contributed by atoms with Gasteiger partial charge in [0.2, 0.25) is 0 Å². The van der Waals surface area contributed by atoms with Crippen molar-refractivity contribution in [2.45, 2.75) is 19.8 Å². The highest BCUT2D eigenvalue weighted by molar-refractivity contribution is 6.10. The monoisotopic (exact) mass is 322 g/mol. The molecule has 0 bridgehead atoms. The molecule has 0 aliphatic carbocycles. The molecular formula is C20H18O4. The first kappa shape index (κ1) is 16.0. The fourth-order valence-corrected chi connectivity index (χ4v) is 2.99. The highest BCUT2D eigenvalue weighted by atomic mass is 16.5. The zero-order chi connectivity index (χ0) is 17.1. The first-order valence-corrected chi connectivity index (χ1v) is 7.93.